The van der Waals surface area contributed by atoms with Gasteiger partial charge in [-0.2, -0.15) is 5.10 Å². The molecule has 104 valence electrons. The van der Waals surface area contributed by atoms with Crippen LogP contribution in [-0.2, 0) is 9.84 Å². The molecule has 1 aliphatic rings. The second-order valence-electron chi connectivity index (χ2n) is 4.66. The minimum Gasteiger partial charge on any atom is -0.345 e. The van der Waals surface area contributed by atoms with Crippen molar-refractivity contribution in [3.63, 3.8) is 0 Å². The van der Waals surface area contributed by atoms with E-state index in [1.54, 1.807) is 24.3 Å². The van der Waals surface area contributed by atoms with E-state index in [2.05, 4.69) is 15.5 Å². The lowest BCUT2D eigenvalue weighted by atomic mass is 10.0. The Bertz CT molecular complexity index is 738. The maximum atomic E-state index is 12.0. The van der Waals surface area contributed by atoms with Crippen molar-refractivity contribution in [3.8, 4) is 0 Å². The Hall–Kier alpha value is -2.15. The number of benzene rings is 1. The molecule has 0 saturated heterocycles. The lowest BCUT2D eigenvalue weighted by molar-refractivity contribution is 0.0934. The second kappa shape index (κ2) is 4.75. The van der Waals surface area contributed by atoms with Gasteiger partial charge in [-0.05, 0) is 18.1 Å². The molecule has 0 bridgehead atoms. The number of aromatic nitrogens is 2. The number of H-pyrrole nitrogens is 1. The summed E-state index contributed by atoms with van der Waals surface area (Å²) in [7, 11) is -3.23. The lowest BCUT2D eigenvalue weighted by Crippen LogP contribution is -2.33. The van der Waals surface area contributed by atoms with Crippen LogP contribution >= 0.6 is 0 Å². The molecule has 1 atom stereocenters. The van der Waals surface area contributed by atoms with Crippen LogP contribution in [0.1, 0.15) is 28.4 Å². The van der Waals surface area contributed by atoms with Gasteiger partial charge in [-0.15, -0.1) is 0 Å². The van der Waals surface area contributed by atoms with Gasteiger partial charge in [-0.25, -0.2) is 8.42 Å². The van der Waals surface area contributed by atoms with Gasteiger partial charge in [0.1, 0.15) is 0 Å². The summed E-state index contributed by atoms with van der Waals surface area (Å²) in [5, 5.41) is 9.15. The summed E-state index contributed by atoms with van der Waals surface area (Å²) >= 11 is 0. The molecule has 2 aromatic rings. The minimum absolute atomic E-state index is 0.0420. The Morgan fingerprint density at radius 1 is 1.35 bits per heavy atom. The fourth-order valence-electron chi connectivity index (χ4n) is 2.36. The second-order valence-corrected chi connectivity index (χ2v) is 6.74. The van der Waals surface area contributed by atoms with E-state index in [-0.39, 0.29) is 17.7 Å². The van der Waals surface area contributed by atoms with Crippen LogP contribution in [0.15, 0.2) is 41.6 Å². The smallest absolute Gasteiger partial charge is 0.254 e. The number of rotatable bonds is 2. The zero-order valence-corrected chi connectivity index (χ0v) is 11.4. The van der Waals surface area contributed by atoms with Gasteiger partial charge in [0.15, 0.2) is 9.84 Å². The highest BCUT2D eigenvalue weighted by molar-refractivity contribution is 7.91. The van der Waals surface area contributed by atoms with Gasteiger partial charge in [-0.3, -0.25) is 9.89 Å². The topological polar surface area (TPSA) is 91.9 Å². The summed E-state index contributed by atoms with van der Waals surface area (Å²) in [6, 6.07) is 6.50. The molecule has 1 aliphatic heterocycles. The highest BCUT2D eigenvalue weighted by Gasteiger charge is 2.30. The number of sulfone groups is 1. The van der Waals surface area contributed by atoms with E-state index >= 15 is 0 Å². The van der Waals surface area contributed by atoms with Gasteiger partial charge in [0.05, 0.1) is 28.5 Å². The molecule has 7 heteroatoms. The third-order valence-corrected chi connectivity index (χ3v) is 5.19. The van der Waals surface area contributed by atoms with Crippen molar-refractivity contribution in [2.45, 2.75) is 17.4 Å². The molecular formula is C13H13N3O3S. The van der Waals surface area contributed by atoms with E-state index in [9.17, 15) is 13.2 Å². The first-order valence-electron chi connectivity index (χ1n) is 6.19. The van der Waals surface area contributed by atoms with Crippen LogP contribution < -0.4 is 5.32 Å². The number of nitrogens with zero attached hydrogens (tertiary/aromatic N) is 1. The summed E-state index contributed by atoms with van der Waals surface area (Å²) < 4.78 is 24.0. The Labute approximate surface area is 116 Å². The van der Waals surface area contributed by atoms with Gasteiger partial charge >= 0.3 is 0 Å². The Balaban J connectivity index is 1.91. The molecule has 0 saturated carbocycles. The van der Waals surface area contributed by atoms with Crippen LogP contribution in [-0.4, -0.2) is 30.3 Å². The summed E-state index contributed by atoms with van der Waals surface area (Å²) in [6.07, 6.45) is 3.31. The van der Waals surface area contributed by atoms with Crippen molar-refractivity contribution in [2.75, 3.05) is 5.75 Å². The van der Waals surface area contributed by atoms with E-state index in [1.807, 2.05) is 0 Å². The fourth-order valence-corrected chi connectivity index (χ4v) is 3.98. The van der Waals surface area contributed by atoms with Crippen LogP contribution in [0.5, 0.6) is 0 Å². The molecule has 0 radical (unpaired) electrons. The molecule has 0 spiro atoms. The average molecular weight is 291 g/mol. The van der Waals surface area contributed by atoms with Crippen molar-refractivity contribution >= 4 is 15.7 Å². The van der Waals surface area contributed by atoms with Crippen LogP contribution in [0.2, 0.25) is 0 Å². The molecule has 3 rings (SSSR count). The van der Waals surface area contributed by atoms with Crippen molar-refractivity contribution < 1.29 is 13.2 Å². The van der Waals surface area contributed by atoms with Crippen molar-refractivity contribution in [1.29, 1.82) is 0 Å². The van der Waals surface area contributed by atoms with Crippen LogP contribution in [0.25, 0.3) is 0 Å². The van der Waals surface area contributed by atoms with Gasteiger partial charge in [0, 0.05) is 6.20 Å². The molecule has 20 heavy (non-hydrogen) atoms. The predicted octanol–water partition coefficient (Wildman–Crippen LogP) is 1.06. The maximum Gasteiger partial charge on any atom is 0.254 e. The SMILES string of the molecule is O=C(NC1CCS(=O)(=O)c2ccccc21)c1cn[nH]c1. The first-order chi connectivity index (χ1) is 9.58. The van der Waals surface area contributed by atoms with E-state index in [4.69, 9.17) is 0 Å². The maximum absolute atomic E-state index is 12.0. The Morgan fingerprint density at radius 3 is 2.90 bits per heavy atom. The third kappa shape index (κ3) is 2.20. The molecule has 1 aromatic carbocycles. The molecule has 2 N–H and O–H groups in total. The molecule has 1 aromatic heterocycles. The average Bonchev–Trinajstić information content (AvgIpc) is 2.96. The van der Waals surface area contributed by atoms with Gasteiger partial charge in [-0.1, -0.05) is 18.2 Å². The summed E-state index contributed by atoms with van der Waals surface area (Å²) in [6.45, 7) is 0. The van der Waals surface area contributed by atoms with E-state index in [0.29, 0.717) is 22.4 Å². The monoisotopic (exact) mass is 291 g/mol. The molecule has 1 amide bonds. The number of hydrogen-bond acceptors (Lipinski definition) is 4. The van der Waals surface area contributed by atoms with E-state index < -0.39 is 9.84 Å². The van der Waals surface area contributed by atoms with E-state index in [1.165, 1.54) is 12.4 Å². The third-order valence-electron chi connectivity index (χ3n) is 3.37. The van der Waals surface area contributed by atoms with Crippen molar-refractivity contribution in [2.24, 2.45) is 0 Å². The number of fused-ring (bicyclic) bond motifs is 1. The van der Waals surface area contributed by atoms with Gasteiger partial charge < -0.3 is 5.32 Å². The molecule has 0 aliphatic carbocycles. The molecule has 2 heterocycles. The van der Waals surface area contributed by atoms with Crippen LogP contribution in [0.3, 0.4) is 0 Å². The number of nitrogens with one attached hydrogen (secondary N) is 2. The molecule has 6 nitrogen and oxygen atoms in total. The van der Waals surface area contributed by atoms with Crippen LogP contribution in [0, 0.1) is 0 Å². The largest absolute Gasteiger partial charge is 0.345 e. The van der Waals surface area contributed by atoms with Crippen molar-refractivity contribution in [1.82, 2.24) is 15.5 Å². The quantitative estimate of drug-likeness (QED) is 0.865. The minimum atomic E-state index is -3.23. The molecule has 0 fully saturated rings. The number of aromatic amines is 1. The zero-order chi connectivity index (χ0) is 14.2. The number of carbonyl (C=O) groups is 1. The van der Waals surface area contributed by atoms with Gasteiger partial charge in [0.25, 0.3) is 5.91 Å². The number of amides is 1. The number of hydrogen-bond donors (Lipinski definition) is 2. The normalized spacial score (nSPS) is 20.1. The zero-order valence-electron chi connectivity index (χ0n) is 10.5. The highest BCUT2D eigenvalue weighted by atomic mass is 32.2. The first-order valence-corrected chi connectivity index (χ1v) is 7.84. The highest BCUT2D eigenvalue weighted by Crippen LogP contribution is 2.31. The van der Waals surface area contributed by atoms with Gasteiger partial charge in [0.2, 0.25) is 0 Å². The standard InChI is InChI=1S/C13H13N3O3S/c17-13(9-7-14-15-8-9)16-11-5-6-20(18,19)12-4-2-1-3-10(11)12/h1-4,7-8,11H,5-6H2,(H,14,15)(H,16,17). The number of carbonyl (C=O) groups excluding carboxylic acids is 1. The molecule has 1 unspecified atom stereocenters. The van der Waals surface area contributed by atoms with Crippen LogP contribution in [0.4, 0.5) is 0 Å². The fraction of sp³-hybridized carbons (Fsp3) is 0.231. The van der Waals surface area contributed by atoms with E-state index in [0.717, 1.165) is 0 Å². The predicted molar refractivity (Wildman–Crippen MR) is 71.9 cm³/mol. The lowest BCUT2D eigenvalue weighted by Gasteiger charge is -2.26. The summed E-state index contributed by atoms with van der Waals surface area (Å²) in [5.74, 6) is -0.224. The Kier molecular flexibility index (Phi) is 3.06. The molecular weight excluding hydrogens is 278 g/mol. The first kappa shape index (κ1) is 12.9. The van der Waals surface area contributed by atoms with Crippen molar-refractivity contribution in [3.05, 3.63) is 47.8 Å². The summed E-state index contributed by atoms with van der Waals surface area (Å²) in [4.78, 5) is 12.3. The summed E-state index contributed by atoms with van der Waals surface area (Å²) in [5.41, 5.74) is 1.08. The Morgan fingerprint density at radius 2 is 2.15 bits per heavy atom.